The molecule has 22 heavy (non-hydrogen) atoms. The maximum absolute atomic E-state index is 6.03. The highest BCUT2D eigenvalue weighted by Gasteiger charge is 2.08. The van der Waals surface area contributed by atoms with Crippen LogP contribution in [0.3, 0.4) is 0 Å². The summed E-state index contributed by atoms with van der Waals surface area (Å²) in [5.74, 6) is 0. The van der Waals surface area contributed by atoms with Crippen molar-refractivity contribution in [2.75, 3.05) is 31.5 Å². The van der Waals surface area contributed by atoms with Crippen LogP contribution in [0.2, 0.25) is 5.02 Å². The van der Waals surface area contributed by atoms with Gasteiger partial charge in [-0.2, -0.15) is 0 Å². The molecule has 4 heteroatoms. The fraction of sp³-hybridized carbons (Fsp3) is 0.500. The Morgan fingerprint density at radius 3 is 2.73 bits per heavy atom. The van der Waals surface area contributed by atoms with E-state index in [-0.39, 0.29) is 0 Å². The molecule has 0 unspecified atom stereocenters. The van der Waals surface area contributed by atoms with Gasteiger partial charge in [-0.25, -0.2) is 0 Å². The number of nitrogens with one attached hydrogen (secondary N) is 1. The van der Waals surface area contributed by atoms with Crippen molar-refractivity contribution in [2.45, 2.75) is 32.1 Å². The number of fused-ring (bicyclic) bond motifs is 1. The summed E-state index contributed by atoms with van der Waals surface area (Å²) in [6.07, 6.45) is 8.56. The highest BCUT2D eigenvalue weighted by molar-refractivity contribution is 6.31. The van der Waals surface area contributed by atoms with E-state index in [2.05, 4.69) is 15.2 Å². The van der Waals surface area contributed by atoms with Crippen molar-refractivity contribution < 1.29 is 0 Å². The van der Waals surface area contributed by atoms with Gasteiger partial charge in [0.1, 0.15) is 0 Å². The van der Waals surface area contributed by atoms with E-state index in [1.165, 1.54) is 51.7 Å². The van der Waals surface area contributed by atoms with Crippen LogP contribution in [0.15, 0.2) is 30.5 Å². The van der Waals surface area contributed by atoms with E-state index in [1.807, 2.05) is 30.5 Å². The molecule has 0 spiro atoms. The number of likely N-dealkylation sites (tertiary alicyclic amines) is 1. The van der Waals surface area contributed by atoms with E-state index >= 15 is 0 Å². The highest BCUT2D eigenvalue weighted by Crippen LogP contribution is 2.24. The molecule has 0 amide bonds. The normalized spacial score (nSPS) is 16.6. The molecule has 3 nitrogen and oxygen atoms in total. The van der Waals surface area contributed by atoms with Crippen molar-refractivity contribution in [3.05, 3.63) is 35.5 Å². The number of pyridine rings is 1. The molecule has 3 rings (SSSR count). The van der Waals surface area contributed by atoms with Crippen molar-refractivity contribution >= 4 is 28.2 Å². The predicted octanol–water partition coefficient (Wildman–Crippen LogP) is 4.57. The van der Waals surface area contributed by atoms with Crippen molar-refractivity contribution in [3.63, 3.8) is 0 Å². The van der Waals surface area contributed by atoms with Crippen molar-refractivity contribution in [1.82, 2.24) is 9.88 Å². The molecule has 1 saturated heterocycles. The van der Waals surface area contributed by atoms with Crippen LogP contribution in [0.1, 0.15) is 32.1 Å². The number of anilines is 1. The number of hydrogen-bond donors (Lipinski definition) is 1. The Morgan fingerprint density at radius 1 is 1.09 bits per heavy atom. The fourth-order valence-corrected chi connectivity index (χ4v) is 3.33. The Bertz CT molecular complexity index is 606. The molecule has 1 aromatic carbocycles. The minimum Gasteiger partial charge on any atom is -0.384 e. The summed E-state index contributed by atoms with van der Waals surface area (Å²) in [4.78, 5) is 6.99. The average molecular weight is 318 g/mol. The number of aromatic nitrogens is 1. The van der Waals surface area contributed by atoms with Gasteiger partial charge in [-0.3, -0.25) is 4.98 Å². The number of rotatable bonds is 5. The maximum Gasteiger partial charge on any atom is 0.0737 e. The van der Waals surface area contributed by atoms with Crippen LogP contribution < -0.4 is 5.32 Å². The van der Waals surface area contributed by atoms with Crippen LogP contribution in [0, 0.1) is 0 Å². The van der Waals surface area contributed by atoms with Crippen molar-refractivity contribution in [2.24, 2.45) is 0 Å². The molecular formula is C18H24ClN3. The molecule has 1 fully saturated rings. The molecule has 1 aliphatic heterocycles. The molecule has 1 aliphatic rings. The summed E-state index contributed by atoms with van der Waals surface area (Å²) in [5, 5.41) is 5.43. The average Bonchev–Trinajstić information content (AvgIpc) is 2.80. The standard InChI is InChI=1S/C18H24ClN3/c19-15-6-7-16-17(8-10-21-18(16)14-15)20-9-5-13-22-11-3-1-2-4-12-22/h6-8,10,14H,1-5,9,11-13H2,(H,20,21). The van der Waals surface area contributed by atoms with Gasteiger partial charge in [0.05, 0.1) is 5.52 Å². The number of halogens is 1. The zero-order valence-electron chi connectivity index (χ0n) is 13.0. The molecule has 0 bridgehead atoms. The second-order valence-electron chi connectivity index (χ2n) is 6.06. The Hall–Kier alpha value is -1.32. The lowest BCUT2D eigenvalue weighted by Crippen LogP contribution is -2.27. The van der Waals surface area contributed by atoms with Crippen LogP contribution in [-0.4, -0.2) is 36.1 Å². The molecule has 0 radical (unpaired) electrons. The molecule has 118 valence electrons. The lowest BCUT2D eigenvalue weighted by atomic mass is 10.2. The summed E-state index contributed by atoms with van der Waals surface area (Å²) in [5.41, 5.74) is 2.10. The van der Waals surface area contributed by atoms with Gasteiger partial charge < -0.3 is 10.2 Å². The first-order valence-electron chi connectivity index (χ1n) is 8.33. The van der Waals surface area contributed by atoms with E-state index in [9.17, 15) is 0 Å². The third kappa shape index (κ3) is 4.11. The Morgan fingerprint density at radius 2 is 1.91 bits per heavy atom. The summed E-state index contributed by atoms with van der Waals surface area (Å²) in [6.45, 7) is 4.74. The Balaban J connectivity index is 1.53. The van der Waals surface area contributed by atoms with Crippen LogP contribution in [-0.2, 0) is 0 Å². The minimum absolute atomic E-state index is 0.735. The van der Waals surface area contributed by atoms with E-state index < -0.39 is 0 Å². The summed E-state index contributed by atoms with van der Waals surface area (Å²) in [7, 11) is 0. The largest absolute Gasteiger partial charge is 0.384 e. The number of hydrogen-bond acceptors (Lipinski definition) is 3. The lowest BCUT2D eigenvalue weighted by molar-refractivity contribution is 0.284. The van der Waals surface area contributed by atoms with Crippen LogP contribution in [0.4, 0.5) is 5.69 Å². The van der Waals surface area contributed by atoms with Gasteiger partial charge in [0.15, 0.2) is 0 Å². The van der Waals surface area contributed by atoms with Gasteiger partial charge in [0.2, 0.25) is 0 Å². The third-order valence-corrected chi connectivity index (χ3v) is 4.61. The second kappa shape index (κ2) is 7.80. The SMILES string of the molecule is Clc1ccc2c(NCCCN3CCCCCC3)ccnc2c1. The summed E-state index contributed by atoms with van der Waals surface area (Å²) < 4.78 is 0. The first-order valence-corrected chi connectivity index (χ1v) is 8.71. The molecule has 1 N–H and O–H groups in total. The maximum atomic E-state index is 6.03. The molecular weight excluding hydrogens is 294 g/mol. The number of benzene rings is 1. The summed E-state index contributed by atoms with van der Waals surface area (Å²) in [6, 6.07) is 7.93. The topological polar surface area (TPSA) is 28.2 Å². The second-order valence-corrected chi connectivity index (χ2v) is 6.49. The van der Waals surface area contributed by atoms with Crippen LogP contribution >= 0.6 is 11.6 Å². The predicted molar refractivity (Wildman–Crippen MR) is 94.8 cm³/mol. The van der Waals surface area contributed by atoms with E-state index in [0.29, 0.717) is 0 Å². The van der Waals surface area contributed by atoms with Gasteiger partial charge in [0, 0.05) is 28.8 Å². The lowest BCUT2D eigenvalue weighted by Gasteiger charge is -2.19. The molecule has 0 saturated carbocycles. The van der Waals surface area contributed by atoms with E-state index in [4.69, 9.17) is 11.6 Å². The third-order valence-electron chi connectivity index (χ3n) is 4.37. The smallest absolute Gasteiger partial charge is 0.0737 e. The van der Waals surface area contributed by atoms with E-state index in [0.717, 1.165) is 28.2 Å². The van der Waals surface area contributed by atoms with Gasteiger partial charge >= 0.3 is 0 Å². The zero-order valence-corrected chi connectivity index (χ0v) is 13.8. The molecule has 2 aromatic rings. The fourth-order valence-electron chi connectivity index (χ4n) is 3.16. The molecule has 2 heterocycles. The number of nitrogens with zero attached hydrogens (tertiary/aromatic N) is 2. The van der Waals surface area contributed by atoms with Gasteiger partial charge in [-0.05, 0) is 63.2 Å². The van der Waals surface area contributed by atoms with Crippen LogP contribution in [0.5, 0.6) is 0 Å². The van der Waals surface area contributed by atoms with E-state index in [1.54, 1.807) is 0 Å². The first kappa shape index (κ1) is 15.6. The van der Waals surface area contributed by atoms with Gasteiger partial charge in [-0.1, -0.05) is 24.4 Å². The molecule has 1 aromatic heterocycles. The van der Waals surface area contributed by atoms with Crippen LogP contribution in [0.25, 0.3) is 10.9 Å². The Kier molecular flexibility index (Phi) is 5.52. The highest BCUT2D eigenvalue weighted by atomic mass is 35.5. The zero-order chi connectivity index (χ0) is 15.2. The van der Waals surface area contributed by atoms with Gasteiger partial charge in [-0.15, -0.1) is 0 Å². The first-order chi connectivity index (χ1) is 10.8. The molecule has 0 aliphatic carbocycles. The minimum atomic E-state index is 0.735. The van der Waals surface area contributed by atoms with Crippen molar-refractivity contribution in [3.8, 4) is 0 Å². The van der Waals surface area contributed by atoms with Crippen molar-refractivity contribution in [1.29, 1.82) is 0 Å². The summed E-state index contributed by atoms with van der Waals surface area (Å²) >= 11 is 6.03. The van der Waals surface area contributed by atoms with Gasteiger partial charge in [0.25, 0.3) is 0 Å². The monoisotopic (exact) mass is 317 g/mol. The quantitative estimate of drug-likeness (QED) is 0.819. The Labute approximate surface area is 137 Å². The molecule has 0 atom stereocenters.